The summed E-state index contributed by atoms with van der Waals surface area (Å²) in [7, 11) is 0. The van der Waals surface area contributed by atoms with Gasteiger partial charge < -0.3 is 29.9 Å². The van der Waals surface area contributed by atoms with Gasteiger partial charge in [0, 0.05) is 5.56 Å². The molecular formula is C20H21NO6. The van der Waals surface area contributed by atoms with E-state index in [0.29, 0.717) is 11.3 Å². The number of hydrogen-bond donors (Lipinski definition) is 4. The van der Waals surface area contributed by atoms with E-state index in [1.54, 1.807) is 12.1 Å². The number of benzene rings is 2. The normalized spacial score (nSPS) is 27.7. The topological polar surface area (TPSA) is 123 Å². The molecule has 1 heterocycles. The molecule has 0 bridgehead atoms. The fraction of sp³-hybridized carbons (Fsp3) is 0.350. The number of nitriles is 1. The molecule has 0 radical (unpaired) electrons. The number of hydrogen-bond acceptors (Lipinski definition) is 7. The molecule has 2 aromatic rings. The number of aliphatic hydroxyl groups is 4. The lowest BCUT2D eigenvalue weighted by molar-refractivity contribution is -0.277. The summed E-state index contributed by atoms with van der Waals surface area (Å²) in [6, 6.07) is 16.6. The maximum absolute atomic E-state index is 10.2. The van der Waals surface area contributed by atoms with Gasteiger partial charge in [-0.15, -0.1) is 0 Å². The first-order valence-corrected chi connectivity index (χ1v) is 8.57. The van der Waals surface area contributed by atoms with E-state index in [0.717, 1.165) is 11.1 Å². The van der Waals surface area contributed by atoms with Gasteiger partial charge in [-0.1, -0.05) is 36.4 Å². The molecular weight excluding hydrogens is 350 g/mol. The van der Waals surface area contributed by atoms with Gasteiger partial charge >= 0.3 is 0 Å². The summed E-state index contributed by atoms with van der Waals surface area (Å²) in [5.41, 5.74) is 2.40. The van der Waals surface area contributed by atoms with Crippen LogP contribution in [0.3, 0.4) is 0 Å². The molecule has 4 N–H and O–H groups in total. The summed E-state index contributed by atoms with van der Waals surface area (Å²) in [6.45, 7) is -0.525. The highest BCUT2D eigenvalue weighted by atomic mass is 16.7. The van der Waals surface area contributed by atoms with Crippen LogP contribution in [0.2, 0.25) is 0 Å². The Kier molecular flexibility index (Phi) is 6.06. The Morgan fingerprint density at radius 1 is 1.00 bits per heavy atom. The Bertz CT molecular complexity index is 818. The van der Waals surface area contributed by atoms with Crippen molar-refractivity contribution in [1.29, 1.82) is 5.26 Å². The number of ether oxygens (including phenoxy) is 2. The number of nitrogens with zero attached hydrogens (tertiary/aromatic N) is 1. The van der Waals surface area contributed by atoms with E-state index in [4.69, 9.17) is 14.7 Å². The van der Waals surface area contributed by atoms with Crippen molar-refractivity contribution in [3.63, 3.8) is 0 Å². The SMILES string of the molecule is N#CCc1cccc(-c2ccccc2OC2OC(CO)C(O)C(O)C2O)c1. The van der Waals surface area contributed by atoms with Crippen LogP contribution in [0.5, 0.6) is 5.75 Å². The van der Waals surface area contributed by atoms with Crippen LogP contribution in [0.1, 0.15) is 5.56 Å². The Balaban J connectivity index is 1.88. The predicted molar refractivity (Wildman–Crippen MR) is 95.6 cm³/mol. The molecule has 1 aliphatic heterocycles. The first-order chi connectivity index (χ1) is 13.0. The molecule has 7 heteroatoms. The highest BCUT2D eigenvalue weighted by Gasteiger charge is 2.44. The van der Waals surface area contributed by atoms with Crippen molar-refractivity contribution in [1.82, 2.24) is 0 Å². The molecule has 1 saturated heterocycles. The third kappa shape index (κ3) is 4.11. The van der Waals surface area contributed by atoms with Crippen molar-refractivity contribution in [2.24, 2.45) is 0 Å². The van der Waals surface area contributed by atoms with Gasteiger partial charge in [-0.3, -0.25) is 0 Å². The van der Waals surface area contributed by atoms with Crippen LogP contribution in [0, 0.1) is 11.3 Å². The van der Waals surface area contributed by atoms with Gasteiger partial charge in [0.15, 0.2) is 0 Å². The standard InChI is InChI=1S/C20H21NO6/c21-9-8-12-4-3-5-13(10-12)14-6-1-2-7-15(14)26-20-19(25)18(24)17(23)16(11-22)27-20/h1-7,10,16-20,22-25H,8,11H2. The van der Waals surface area contributed by atoms with Gasteiger partial charge in [-0.05, 0) is 23.3 Å². The first-order valence-electron chi connectivity index (χ1n) is 8.57. The van der Waals surface area contributed by atoms with E-state index in [1.807, 2.05) is 36.4 Å². The van der Waals surface area contributed by atoms with Crippen molar-refractivity contribution in [2.75, 3.05) is 6.61 Å². The summed E-state index contributed by atoms with van der Waals surface area (Å²) in [4.78, 5) is 0. The zero-order valence-corrected chi connectivity index (χ0v) is 14.5. The van der Waals surface area contributed by atoms with Crippen molar-refractivity contribution in [3.05, 3.63) is 54.1 Å². The molecule has 3 rings (SSSR count). The molecule has 5 unspecified atom stereocenters. The zero-order chi connectivity index (χ0) is 19.4. The number of para-hydroxylation sites is 1. The largest absolute Gasteiger partial charge is 0.461 e. The van der Waals surface area contributed by atoms with E-state index < -0.39 is 37.3 Å². The summed E-state index contributed by atoms with van der Waals surface area (Å²) in [5.74, 6) is 0.399. The minimum Gasteiger partial charge on any atom is -0.461 e. The van der Waals surface area contributed by atoms with E-state index in [-0.39, 0.29) is 6.42 Å². The Morgan fingerprint density at radius 2 is 1.78 bits per heavy atom. The molecule has 7 nitrogen and oxygen atoms in total. The van der Waals surface area contributed by atoms with Crippen LogP contribution in [-0.4, -0.2) is 57.7 Å². The van der Waals surface area contributed by atoms with Gasteiger partial charge in [-0.2, -0.15) is 5.26 Å². The molecule has 1 fully saturated rings. The molecule has 0 aliphatic carbocycles. The van der Waals surface area contributed by atoms with Crippen molar-refractivity contribution >= 4 is 0 Å². The maximum atomic E-state index is 10.2. The van der Waals surface area contributed by atoms with E-state index in [1.165, 1.54) is 0 Å². The monoisotopic (exact) mass is 371 g/mol. The van der Waals surface area contributed by atoms with Crippen molar-refractivity contribution in [2.45, 2.75) is 37.1 Å². The average Bonchev–Trinajstić information content (AvgIpc) is 2.69. The molecule has 5 atom stereocenters. The summed E-state index contributed by atoms with van der Waals surface area (Å²) < 4.78 is 11.2. The lowest BCUT2D eigenvalue weighted by atomic mass is 9.99. The number of aliphatic hydroxyl groups excluding tert-OH is 4. The average molecular weight is 371 g/mol. The molecule has 27 heavy (non-hydrogen) atoms. The van der Waals surface area contributed by atoms with Gasteiger partial charge in [0.2, 0.25) is 6.29 Å². The Labute approximate surface area is 156 Å². The maximum Gasteiger partial charge on any atom is 0.229 e. The Morgan fingerprint density at radius 3 is 2.52 bits per heavy atom. The van der Waals surface area contributed by atoms with E-state index in [9.17, 15) is 20.4 Å². The second-order valence-corrected chi connectivity index (χ2v) is 6.35. The molecule has 0 amide bonds. The van der Waals surface area contributed by atoms with Gasteiger partial charge in [0.1, 0.15) is 30.2 Å². The van der Waals surface area contributed by atoms with E-state index >= 15 is 0 Å². The predicted octanol–water partition coefficient (Wildman–Crippen LogP) is 0.598. The van der Waals surface area contributed by atoms with Crippen LogP contribution in [0.4, 0.5) is 0 Å². The zero-order valence-electron chi connectivity index (χ0n) is 14.5. The number of rotatable bonds is 5. The lowest BCUT2D eigenvalue weighted by Crippen LogP contribution is -2.60. The van der Waals surface area contributed by atoms with Gasteiger partial charge in [-0.25, -0.2) is 0 Å². The van der Waals surface area contributed by atoms with Crippen LogP contribution in [0.15, 0.2) is 48.5 Å². The smallest absolute Gasteiger partial charge is 0.229 e. The van der Waals surface area contributed by atoms with Crippen molar-refractivity contribution in [3.8, 4) is 22.9 Å². The quantitative estimate of drug-likeness (QED) is 0.607. The fourth-order valence-electron chi connectivity index (χ4n) is 3.04. The first kappa shape index (κ1) is 19.3. The molecule has 1 aliphatic rings. The van der Waals surface area contributed by atoms with Crippen LogP contribution in [-0.2, 0) is 11.2 Å². The lowest BCUT2D eigenvalue weighted by Gasteiger charge is -2.39. The summed E-state index contributed by atoms with van der Waals surface area (Å²) >= 11 is 0. The van der Waals surface area contributed by atoms with E-state index in [2.05, 4.69) is 6.07 Å². The molecule has 0 aromatic heterocycles. The highest BCUT2D eigenvalue weighted by Crippen LogP contribution is 2.33. The second-order valence-electron chi connectivity index (χ2n) is 6.35. The molecule has 142 valence electrons. The van der Waals surface area contributed by atoms with Gasteiger partial charge in [0.05, 0.1) is 19.1 Å². The minimum absolute atomic E-state index is 0.281. The minimum atomic E-state index is -1.51. The van der Waals surface area contributed by atoms with Crippen LogP contribution >= 0.6 is 0 Å². The Hall–Kier alpha value is -2.47. The molecule has 0 saturated carbocycles. The molecule has 0 spiro atoms. The van der Waals surface area contributed by atoms with Crippen molar-refractivity contribution < 1.29 is 29.9 Å². The third-order valence-electron chi connectivity index (χ3n) is 4.50. The summed E-state index contributed by atoms with van der Waals surface area (Å²) in [6.07, 6.45) is -6.46. The highest BCUT2D eigenvalue weighted by molar-refractivity contribution is 5.71. The molecule has 2 aromatic carbocycles. The fourth-order valence-corrected chi connectivity index (χ4v) is 3.04. The second kappa shape index (κ2) is 8.48. The van der Waals surface area contributed by atoms with Crippen LogP contribution in [0.25, 0.3) is 11.1 Å². The van der Waals surface area contributed by atoms with Gasteiger partial charge in [0.25, 0.3) is 0 Å². The van der Waals surface area contributed by atoms with Crippen LogP contribution < -0.4 is 4.74 Å². The third-order valence-corrected chi connectivity index (χ3v) is 4.50. The summed E-state index contributed by atoms with van der Waals surface area (Å²) in [5, 5.41) is 48.2.